The lowest BCUT2D eigenvalue weighted by Gasteiger charge is -2.34. The number of rotatable bonds is 10. The van der Waals surface area contributed by atoms with Gasteiger partial charge in [-0.2, -0.15) is 15.8 Å². The summed E-state index contributed by atoms with van der Waals surface area (Å²) in [6.07, 6.45) is 2.37. The van der Waals surface area contributed by atoms with Crippen molar-refractivity contribution in [3.05, 3.63) is 144 Å². The van der Waals surface area contributed by atoms with E-state index in [9.17, 15) is 30.5 Å². The van der Waals surface area contributed by atoms with Gasteiger partial charge in [-0.05, 0) is 37.5 Å². The lowest BCUT2D eigenvalue weighted by molar-refractivity contribution is -0.151. The summed E-state index contributed by atoms with van der Waals surface area (Å²) in [6.45, 7) is 0. The number of benzene rings is 3. The second-order valence-electron chi connectivity index (χ2n) is 13.3. The third-order valence-electron chi connectivity index (χ3n) is 9.65. The zero-order valence-electron chi connectivity index (χ0n) is 30.2. The van der Waals surface area contributed by atoms with Crippen LogP contribution >= 0.6 is 0 Å². The predicted octanol–water partition coefficient (Wildman–Crippen LogP) is 7.43. The molecule has 1 fully saturated rings. The average molecular weight is 753 g/mol. The number of carbonyl (C=O) groups excluding carboxylic acids is 2. The van der Waals surface area contributed by atoms with Gasteiger partial charge in [-0.15, -0.1) is 0 Å². The van der Waals surface area contributed by atoms with E-state index in [0.717, 1.165) is 16.7 Å². The van der Waals surface area contributed by atoms with Gasteiger partial charge in [0.2, 0.25) is 0 Å². The van der Waals surface area contributed by atoms with Crippen molar-refractivity contribution < 1.29 is 28.9 Å². The Hall–Kier alpha value is -7.72. The topological polar surface area (TPSA) is 192 Å². The van der Waals surface area contributed by atoms with Crippen LogP contribution in [0, 0.1) is 51.7 Å². The normalized spacial score (nSPS) is 16.5. The van der Waals surface area contributed by atoms with Gasteiger partial charge in [0.05, 0.1) is 64.2 Å². The molecule has 3 aromatic heterocycles. The Balaban J connectivity index is 1.14. The molecule has 0 aliphatic heterocycles. The average Bonchev–Trinajstić information content (AvgIpc) is 3.27. The molecule has 7 rings (SSSR count). The van der Waals surface area contributed by atoms with Crippen LogP contribution in [0.1, 0.15) is 36.0 Å². The molecule has 3 atom stereocenters. The van der Waals surface area contributed by atoms with Crippen molar-refractivity contribution in [3.63, 3.8) is 0 Å². The minimum absolute atomic E-state index is 0.0139. The van der Waals surface area contributed by atoms with Gasteiger partial charge in [0.1, 0.15) is 18.2 Å². The highest BCUT2D eigenvalue weighted by Gasteiger charge is 2.42. The van der Waals surface area contributed by atoms with Gasteiger partial charge in [-0.3, -0.25) is 24.5 Å². The number of hydrogen-bond acceptors (Lipinski definition) is 12. The maximum Gasteiger partial charge on any atom is 0.314 e. The molecule has 0 amide bonds. The summed E-state index contributed by atoms with van der Waals surface area (Å²) in [5.74, 6) is -4.40. The number of nitriles is 3. The molecule has 0 radical (unpaired) electrons. The molecule has 12 heteroatoms. The molecular weight excluding hydrogens is 721 g/mol. The maximum atomic E-state index is 13.8. The molecule has 6 aromatic rings. The number of ether oxygens (including phenoxy) is 3. The van der Waals surface area contributed by atoms with E-state index < -0.39 is 36.0 Å². The summed E-state index contributed by atoms with van der Waals surface area (Å²) in [7, 11) is 0. The first-order chi connectivity index (χ1) is 27.8. The molecule has 3 heterocycles. The summed E-state index contributed by atoms with van der Waals surface area (Å²) in [4.78, 5) is 40.9. The molecule has 3 unspecified atom stereocenters. The number of aromatic nitrogens is 3. The molecule has 1 aliphatic rings. The fourth-order valence-electron chi connectivity index (χ4n) is 6.74. The SMILES string of the molecule is N#Cc1cc(-c2ccccc2)ncc1OC(=O)C1CC(C(=O)Oc2cnc(-c3ccccc3)cc2C#N)CC(C(O)Oc2cnc(-c3ccccc3)cc2C#N)C1. The van der Waals surface area contributed by atoms with E-state index in [4.69, 9.17) is 14.2 Å². The minimum atomic E-state index is -1.59. The van der Waals surface area contributed by atoms with Gasteiger partial charge in [0, 0.05) is 22.6 Å². The molecule has 0 bridgehead atoms. The van der Waals surface area contributed by atoms with Crippen LogP contribution in [0.15, 0.2) is 128 Å². The highest BCUT2D eigenvalue weighted by Crippen LogP contribution is 2.39. The Kier molecular flexibility index (Phi) is 11.3. The summed E-state index contributed by atoms with van der Waals surface area (Å²) < 4.78 is 17.4. The van der Waals surface area contributed by atoms with Crippen LogP contribution in [0.25, 0.3) is 33.8 Å². The molecule has 1 saturated carbocycles. The van der Waals surface area contributed by atoms with Crippen molar-refractivity contribution >= 4 is 11.9 Å². The Morgan fingerprint density at radius 2 is 0.912 bits per heavy atom. The number of pyridine rings is 3. The first-order valence-corrected chi connectivity index (χ1v) is 18.0. The molecular formula is C45H32N6O6. The Labute approximate surface area is 327 Å². The van der Waals surface area contributed by atoms with E-state index >= 15 is 0 Å². The molecule has 1 aliphatic carbocycles. The van der Waals surface area contributed by atoms with Crippen LogP contribution in [0.3, 0.4) is 0 Å². The van der Waals surface area contributed by atoms with Crippen molar-refractivity contribution in [2.45, 2.75) is 25.6 Å². The Morgan fingerprint density at radius 3 is 1.28 bits per heavy atom. The van der Waals surface area contributed by atoms with Gasteiger partial charge >= 0.3 is 11.9 Å². The van der Waals surface area contributed by atoms with Gasteiger partial charge in [0.15, 0.2) is 23.5 Å². The summed E-state index contributed by atoms with van der Waals surface area (Å²) in [5.41, 5.74) is 4.16. The molecule has 3 aromatic carbocycles. The number of hydrogen-bond donors (Lipinski definition) is 1. The van der Waals surface area contributed by atoms with Gasteiger partial charge in [0.25, 0.3) is 0 Å². The second kappa shape index (κ2) is 17.2. The maximum absolute atomic E-state index is 13.8. The van der Waals surface area contributed by atoms with Crippen molar-refractivity contribution in [2.24, 2.45) is 17.8 Å². The molecule has 0 spiro atoms. The standard InChI is InChI=1S/C45H32N6O6/c46-22-34-19-37(28-10-4-1-5-11-28)49-25-40(34)55-43(52)31-16-32(44(53)56-41-26-50-38(20-35(41)23-47)29-12-6-2-7-13-29)18-33(17-31)45(54)57-42-27-51-39(21-36(42)24-48)30-14-8-3-9-15-30/h1-15,19-21,25-27,31-33,43,52H,16-18H2. The van der Waals surface area contributed by atoms with Crippen molar-refractivity contribution in [1.29, 1.82) is 15.8 Å². The Morgan fingerprint density at radius 1 is 0.561 bits per heavy atom. The lowest BCUT2D eigenvalue weighted by atomic mass is 9.74. The van der Waals surface area contributed by atoms with Crippen LogP contribution in [0.5, 0.6) is 17.2 Å². The lowest BCUT2D eigenvalue weighted by Crippen LogP contribution is -2.41. The summed E-state index contributed by atoms with van der Waals surface area (Å²) in [6, 6.07) is 38.5. The fraction of sp³-hybridized carbons (Fsp3) is 0.156. The van der Waals surface area contributed by atoms with Gasteiger partial charge in [-0.25, -0.2) is 0 Å². The van der Waals surface area contributed by atoms with Crippen LogP contribution in [0.4, 0.5) is 0 Å². The molecule has 0 saturated heterocycles. The third kappa shape index (κ3) is 8.66. The Bertz CT molecular complexity index is 2430. The highest BCUT2D eigenvalue weighted by molar-refractivity contribution is 5.80. The van der Waals surface area contributed by atoms with Crippen LogP contribution in [-0.2, 0) is 9.59 Å². The van der Waals surface area contributed by atoms with Crippen molar-refractivity contribution in [1.82, 2.24) is 15.0 Å². The number of nitrogens with zero attached hydrogens (tertiary/aromatic N) is 6. The minimum Gasteiger partial charge on any atom is -0.462 e. The number of aliphatic hydroxyl groups is 1. The van der Waals surface area contributed by atoms with Crippen molar-refractivity contribution in [2.75, 3.05) is 0 Å². The van der Waals surface area contributed by atoms with Gasteiger partial charge < -0.3 is 19.3 Å². The number of carbonyl (C=O) groups is 2. The molecule has 278 valence electrons. The number of aliphatic hydroxyl groups excluding tert-OH is 1. The summed E-state index contributed by atoms with van der Waals surface area (Å²) in [5, 5.41) is 41.3. The van der Waals surface area contributed by atoms with E-state index in [1.165, 1.54) is 30.7 Å². The first kappa shape index (κ1) is 37.6. The largest absolute Gasteiger partial charge is 0.462 e. The molecule has 1 N–H and O–H groups in total. The van der Waals surface area contributed by atoms with Crippen LogP contribution < -0.4 is 14.2 Å². The number of esters is 2. The van der Waals surface area contributed by atoms with E-state index in [2.05, 4.69) is 33.2 Å². The van der Waals surface area contributed by atoms with E-state index in [0.29, 0.717) is 17.1 Å². The quantitative estimate of drug-likeness (QED) is 0.108. The smallest absolute Gasteiger partial charge is 0.314 e. The van der Waals surface area contributed by atoms with Crippen molar-refractivity contribution in [3.8, 4) is 69.2 Å². The zero-order chi connectivity index (χ0) is 39.7. The van der Waals surface area contributed by atoms with Crippen LogP contribution in [-0.4, -0.2) is 38.3 Å². The monoisotopic (exact) mass is 752 g/mol. The fourth-order valence-corrected chi connectivity index (χ4v) is 6.74. The summed E-state index contributed by atoms with van der Waals surface area (Å²) >= 11 is 0. The third-order valence-corrected chi connectivity index (χ3v) is 9.65. The first-order valence-electron chi connectivity index (χ1n) is 18.0. The van der Waals surface area contributed by atoms with E-state index in [1.54, 1.807) is 6.07 Å². The second-order valence-corrected chi connectivity index (χ2v) is 13.3. The van der Waals surface area contributed by atoms with Gasteiger partial charge in [-0.1, -0.05) is 91.0 Å². The predicted molar refractivity (Wildman–Crippen MR) is 205 cm³/mol. The highest BCUT2D eigenvalue weighted by atomic mass is 16.6. The molecule has 12 nitrogen and oxygen atoms in total. The van der Waals surface area contributed by atoms with E-state index in [-0.39, 0.29) is 53.2 Å². The molecule has 57 heavy (non-hydrogen) atoms. The zero-order valence-corrected chi connectivity index (χ0v) is 30.2. The van der Waals surface area contributed by atoms with Crippen LogP contribution in [0.2, 0.25) is 0 Å². The van der Waals surface area contributed by atoms with E-state index in [1.807, 2.05) is 91.0 Å².